The number of para-hydroxylation sites is 1. The van der Waals surface area contributed by atoms with Crippen LogP contribution in [0, 0.1) is 15.9 Å². The van der Waals surface area contributed by atoms with Gasteiger partial charge >= 0.3 is 5.84 Å². The second-order valence-electron chi connectivity index (χ2n) is 5.40. The summed E-state index contributed by atoms with van der Waals surface area (Å²) >= 11 is 5.77. The van der Waals surface area contributed by atoms with E-state index in [9.17, 15) is 14.5 Å². The van der Waals surface area contributed by atoms with Crippen LogP contribution in [0.4, 0.5) is 10.1 Å². The maximum Gasteiger partial charge on any atom is 0.430 e. The molecule has 0 bridgehead atoms. The molecule has 2 heterocycles. The summed E-state index contributed by atoms with van der Waals surface area (Å²) in [6.45, 7) is 1.28. The maximum atomic E-state index is 13.7. The molecular formula is C16H14ClFN6O2. The summed E-state index contributed by atoms with van der Waals surface area (Å²) in [5.74, 6) is -0.905. The fraction of sp³-hybridized carbons (Fsp3) is 0.188. The third-order valence-corrected chi connectivity index (χ3v) is 3.85. The van der Waals surface area contributed by atoms with Crippen LogP contribution < -0.4 is 5.43 Å². The number of hydrazone groups is 1. The van der Waals surface area contributed by atoms with Crippen LogP contribution in [0.1, 0.15) is 5.56 Å². The fourth-order valence-corrected chi connectivity index (χ4v) is 2.52. The number of rotatable bonds is 5. The zero-order valence-corrected chi connectivity index (χ0v) is 14.2. The van der Waals surface area contributed by atoms with E-state index in [1.807, 2.05) is 0 Å². The quantitative estimate of drug-likeness (QED) is 0.284. The highest BCUT2D eigenvalue weighted by molar-refractivity contribution is 6.37. The van der Waals surface area contributed by atoms with Crippen LogP contribution in [0.3, 0.4) is 0 Å². The molecule has 0 amide bonds. The molecule has 1 aliphatic heterocycles. The molecule has 10 heteroatoms. The number of nitro groups is 1. The van der Waals surface area contributed by atoms with Gasteiger partial charge in [0.15, 0.2) is 0 Å². The summed E-state index contributed by atoms with van der Waals surface area (Å²) in [6.07, 6.45) is 1.60. The van der Waals surface area contributed by atoms with Gasteiger partial charge in [-0.05, 0) is 28.7 Å². The largest absolute Gasteiger partial charge is 0.430 e. The van der Waals surface area contributed by atoms with Gasteiger partial charge in [0.05, 0.1) is 11.6 Å². The van der Waals surface area contributed by atoms with Crippen molar-refractivity contribution in [2.75, 3.05) is 18.5 Å². The van der Waals surface area contributed by atoms with E-state index < -0.39 is 16.6 Å². The Balaban J connectivity index is 1.80. The molecule has 1 N–H and O–H groups in total. The molecule has 0 radical (unpaired) electrons. The van der Waals surface area contributed by atoms with E-state index in [4.69, 9.17) is 11.6 Å². The lowest BCUT2D eigenvalue weighted by Crippen LogP contribution is -2.37. The number of aliphatic imine (C=N–C) groups is 1. The number of nitrogens with one attached hydrogen (secondary N) is 1. The van der Waals surface area contributed by atoms with Crippen LogP contribution in [0.15, 0.2) is 52.7 Å². The Hall–Kier alpha value is -3.07. The molecule has 0 saturated carbocycles. The van der Waals surface area contributed by atoms with Crippen molar-refractivity contribution in [3.63, 3.8) is 0 Å². The number of nitrogens with zero attached hydrogens (tertiary/aromatic N) is 5. The van der Waals surface area contributed by atoms with Gasteiger partial charge < -0.3 is 15.0 Å². The van der Waals surface area contributed by atoms with Crippen molar-refractivity contribution in [1.29, 1.82) is 0 Å². The van der Waals surface area contributed by atoms with E-state index in [1.54, 1.807) is 29.3 Å². The molecule has 1 aromatic carbocycles. The predicted molar refractivity (Wildman–Crippen MR) is 96.4 cm³/mol. The number of pyridine rings is 1. The number of halogens is 2. The van der Waals surface area contributed by atoms with Gasteiger partial charge in [-0.25, -0.2) is 9.37 Å². The molecule has 0 spiro atoms. The summed E-state index contributed by atoms with van der Waals surface area (Å²) in [5, 5.41) is 15.6. The van der Waals surface area contributed by atoms with E-state index >= 15 is 0 Å². The second-order valence-corrected chi connectivity index (χ2v) is 5.79. The molecule has 1 aliphatic rings. The minimum absolute atomic E-state index is 0.0406. The number of hydrogen-bond donors (Lipinski definition) is 1. The Morgan fingerprint density at radius 1 is 1.38 bits per heavy atom. The highest BCUT2D eigenvalue weighted by Gasteiger charge is 2.31. The summed E-state index contributed by atoms with van der Waals surface area (Å²) < 4.78 is 13.7. The number of hydrogen-bond acceptors (Lipinski definition) is 7. The number of benzene rings is 1. The number of anilines is 1. The molecule has 0 unspecified atom stereocenters. The first-order valence-electron chi connectivity index (χ1n) is 7.67. The molecule has 8 nitrogen and oxygen atoms in total. The maximum absolute atomic E-state index is 13.7. The third kappa shape index (κ3) is 4.12. The molecule has 0 fully saturated rings. The summed E-state index contributed by atoms with van der Waals surface area (Å²) in [6, 6.07) is 9.21. The molecule has 1 aromatic heterocycles. The zero-order chi connectivity index (χ0) is 18.5. The van der Waals surface area contributed by atoms with Gasteiger partial charge in [-0.1, -0.05) is 29.8 Å². The van der Waals surface area contributed by atoms with Crippen molar-refractivity contribution in [1.82, 2.24) is 9.88 Å². The zero-order valence-electron chi connectivity index (χ0n) is 13.5. The van der Waals surface area contributed by atoms with Crippen LogP contribution in [-0.2, 0) is 6.54 Å². The Morgan fingerprint density at radius 3 is 2.88 bits per heavy atom. The first kappa shape index (κ1) is 17.7. The van der Waals surface area contributed by atoms with Gasteiger partial charge in [0.1, 0.15) is 16.7 Å². The van der Waals surface area contributed by atoms with Crippen molar-refractivity contribution < 1.29 is 9.31 Å². The first-order valence-corrected chi connectivity index (χ1v) is 8.05. The first-order chi connectivity index (χ1) is 12.5. The molecular weight excluding hydrogens is 363 g/mol. The smallest absolute Gasteiger partial charge is 0.358 e. The minimum atomic E-state index is -0.648. The van der Waals surface area contributed by atoms with E-state index in [1.165, 1.54) is 18.2 Å². The van der Waals surface area contributed by atoms with E-state index in [0.29, 0.717) is 24.8 Å². The van der Waals surface area contributed by atoms with E-state index in [-0.39, 0.29) is 11.5 Å². The lowest BCUT2D eigenvalue weighted by molar-refractivity contribution is -0.346. The third-order valence-electron chi connectivity index (χ3n) is 3.62. The molecule has 2 aromatic rings. The summed E-state index contributed by atoms with van der Waals surface area (Å²) in [7, 11) is 0. The van der Waals surface area contributed by atoms with Gasteiger partial charge in [-0.15, -0.1) is 0 Å². The normalized spacial score (nSPS) is 14.3. The minimum Gasteiger partial charge on any atom is -0.358 e. The van der Waals surface area contributed by atoms with Gasteiger partial charge in [0.25, 0.3) is 0 Å². The van der Waals surface area contributed by atoms with Crippen molar-refractivity contribution in [3.8, 4) is 0 Å². The lowest BCUT2D eigenvalue weighted by atomic mass is 10.2. The average molecular weight is 377 g/mol. The predicted octanol–water partition coefficient (Wildman–Crippen LogP) is 2.79. The van der Waals surface area contributed by atoms with Crippen molar-refractivity contribution >= 4 is 29.0 Å². The van der Waals surface area contributed by atoms with Crippen LogP contribution in [0.25, 0.3) is 0 Å². The monoisotopic (exact) mass is 376 g/mol. The van der Waals surface area contributed by atoms with E-state index in [0.717, 1.165) is 5.56 Å². The molecule has 0 atom stereocenters. The fourth-order valence-electron chi connectivity index (χ4n) is 2.41. The molecule has 26 heavy (non-hydrogen) atoms. The van der Waals surface area contributed by atoms with Crippen LogP contribution >= 0.6 is 11.6 Å². The van der Waals surface area contributed by atoms with Gasteiger partial charge in [0.2, 0.25) is 5.84 Å². The summed E-state index contributed by atoms with van der Waals surface area (Å²) in [4.78, 5) is 20.7. The Labute approximate surface area is 153 Å². The molecule has 0 saturated heterocycles. The Bertz CT molecular complexity index is 871. The number of amidine groups is 2. The van der Waals surface area contributed by atoms with Crippen molar-refractivity contribution in [3.05, 3.63) is 69.2 Å². The second kappa shape index (κ2) is 7.87. The van der Waals surface area contributed by atoms with Gasteiger partial charge in [-0.3, -0.25) is 4.99 Å². The molecule has 134 valence electrons. The highest BCUT2D eigenvalue weighted by atomic mass is 35.5. The average Bonchev–Trinajstić information content (AvgIpc) is 3.06. The molecule has 0 aliphatic carbocycles. The highest BCUT2D eigenvalue weighted by Crippen LogP contribution is 2.15. The lowest BCUT2D eigenvalue weighted by Gasteiger charge is -2.18. The molecule has 3 rings (SSSR count). The van der Waals surface area contributed by atoms with Crippen molar-refractivity contribution in [2.45, 2.75) is 6.54 Å². The van der Waals surface area contributed by atoms with Crippen LogP contribution in [0.2, 0.25) is 5.15 Å². The van der Waals surface area contributed by atoms with Crippen molar-refractivity contribution in [2.24, 2.45) is 10.1 Å². The Kier molecular flexibility index (Phi) is 5.37. The van der Waals surface area contributed by atoms with Crippen LogP contribution in [0.5, 0.6) is 0 Å². The topological polar surface area (TPSA) is 96.0 Å². The SMILES string of the molecule is O=[N+]([O-])/C(=N\Nc1ccccc1F)C1=NCCN1Cc1ccc(Cl)nc1. The van der Waals surface area contributed by atoms with Gasteiger partial charge in [-0.2, -0.15) is 5.43 Å². The Morgan fingerprint density at radius 2 is 2.19 bits per heavy atom. The van der Waals surface area contributed by atoms with Gasteiger partial charge in [0, 0.05) is 19.3 Å². The summed E-state index contributed by atoms with van der Waals surface area (Å²) in [5.41, 5.74) is 3.27. The van der Waals surface area contributed by atoms with Crippen LogP contribution in [-0.4, -0.2) is 39.6 Å². The number of aromatic nitrogens is 1. The van der Waals surface area contributed by atoms with E-state index in [2.05, 4.69) is 20.5 Å². The standard InChI is InChI=1S/C16H14ClFN6O2/c17-14-6-5-11(9-20-14)10-23-8-7-19-15(23)16(24(25)26)22-21-13-4-2-1-3-12(13)18/h1-6,9,21H,7-8,10H2/b22-16-.